The number of amides is 2. The molecule has 2 aliphatic rings. The third kappa shape index (κ3) is 3.11. The first-order chi connectivity index (χ1) is 13.0. The Hall–Kier alpha value is -2.70. The van der Waals surface area contributed by atoms with E-state index in [9.17, 15) is 19.5 Å². The normalized spacial score (nSPS) is 21.7. The minimum Gasteiger partial charge on any atom is -0.391 e. The number of para-hydroxylation sites is 1. The Morgan fingerprint density at radius 2 is 1.81 bits per heavy atom. The molecule has 6 nitrogen and oxygen atoms in total. The standard InChI is InChI=1S/C20H17ClN2O4/c21-13-7-5-12(6-8-13)18(25)11-23-16-4-2-1-3-15(16)19(26)22-10-14(24)9-17(22)20(23)27/h1-8,14,17,24H,9-11H2/t14-,17+/m1/s1. The Kier molecular flexibility index (Phi) is 4.45. The molecule has 0 aromatic heterocycles. The Bertz CT molecular complexity index is 928. The molecule has 0 unspecified atom stereocenters. The lowest BCUT2D eigenvalue weighted by Gasteiger charge is -2.25. The van der Waals surface area contributed by atoms with Gasteiger partial charge in [0.15, 0.2) is 5.78 Å². The fraction of sp³-hybridized carbons (Fsp3) is 0.250. The van der Waals surface area contributed by atoms with Gasteiger partial charge >= 0.3 is 0 Å². The quantitative estimate of drug-likeness (QED) is 0.822. The number of carbonyl (C=O) groups is 3. The Balaban J connectivity index is 1.72. The highest BCUT2D eigenvalue weighted by atomic mass is 35.5. The molecule has 138 valence electrons. The maximum Gasteiger partial charge on any atom is 0.256 e. The first kappa shape index (κ1) is 17.7. The van der Waals surface area contributed by atoms with Crippen molar-refractivity contribution in [2.75, 3.05) is 18.0 Å². The number of anilines is 1. The molecule has 2 aliphatic heterocycles. The van der Waals surface area contributed by atoms with E-state index in [1.165, 1.54) is 9.80 Å². The minimum atomic E-state index is -0.766. The average molecular weight is 385 g/mol. The molecule has 0 radical (unpaired) electrons. The Morgan fingerprint density at radius 3 is 2.56 bits per heavy atom. The van der Waals surface area contributed by atoms with Crippen molar-refractivity contribution in [1.82, 2.24) is 4.90 Å². The number of hydrogen-bond donors (Lipinski definition) is 1. The molecule has 27 heavy (non-hydrogen) atoms. The van der Waals surface area contributed by atoms with Crippen LogP contribution in [0.1, 0.15) is 27.1 Å². The van der Waals surface area contributed by atoms with Gasteiger partial charge in [0.1, 0.15) is 6.04 Å². The SMILES string of the molecule is O=C(CN1C(=O)[C@@H]2C[C@@H](O)CN2C(=O)c2ccccc21)c1ccc(Cl)cc1. The second-order valence-electron chi connectivity index (χ2n) is 6.73. The highest BCUT2D eigenvalue weighted by Gasteiger charge is 2.45. The monoisotopic (exact) mass is 384 g/mol. The number of aliphatic hydroxyl groups is 1. The van der Waals surface area contributed by atoms with Crippen LogP contribution in [0.25, 0.3) is 0 Å². The van der Waals surface area contributed by atoms with Gasteiger partial charge in [-0.05, 0) is 36.4 Å². The van der Waals surface area contributed by atoms with Crippen LogP contribution in [0.2, 0.25) is 5.02 Å². The highest BCUT2D eigenvalue weighted by Crippen LogP contribution is 2.32. The van der Waals surface area contributed by atoms with E-state index in [1.54, 1.807) is 48.5 Å². The summed E-state index contributed by atoms with van der Waals surface area (Å²) in [4.78, 5) is 41.5. The Morgan fingerprint density at radius 1 is 1.11 bits per heavy atom. The van der Waals surface area contributed by atoms with E-state index in [-0.39, 0.29) is 37.1 Å². The molecule has 7 heteroatoms. The van der Waals surface area contributed by atoms with E-state index in [4.69, 9.17) is 11.6 Å². The van der Waals surface area contributed by atoms with Crippen LogP contribution >= 0.6 is 11.6 Å². The third-order valence-corrected chi connectivity index (χ3v) is 5.24. The van der Waals surface area contributed by atoms with Crippen molar-refractivity contribution in [2.45, 2.75) is 18.6 Å². The largest absolute Gasteiger partial charge is 0.391 e. The fourth-order valence-electron chi connectivity index (χ4n) is 3.65. The number of rotatable bonds is 3. The summed E-state index contributed by atoms with van der Waals surface area (Å²) in [5.41, 5.74) is 1.20. The van der Waals surface area contributed by atoms with Gasteiger partial charge in [-0.15, -0.1) is 0 Å². The van der Waals surface area contributed by atoms with E-state index in [1.807, 2.05) is 0 Å². The van der Waals surface area contributed by atoms with Gasteiger partial charge in [0.2, 0.25) is 5.91 Å². The van der Waals surface area contributed by atoms with Crippen molar-refractivity contribution in [3.05, 3.63) is 64.7 Å². The topological polar surface area (TPSA) is 77.9 Å². The lowest BCUT2D eigenvalue weighted by atomic mass is 10.1. The summed E-state index contributed by atoms with van der Waals surface area (Å²) >= 11 is 5.87. The fourth-order valence-corrected chi connectivity index (χ4v) is 3.78. The summed E-state index contributed by atoms with van der Waals surface area (Å²) in [6.45, 7) is -0.0757. The van der Waals surface area contributed by atoms with Gasteiger partial charge in [-0.3, -0.25) is 14.4 Å². The lowest BCUT2D eigenvalue weighted by Crippen LogP contribution is -2.46. The van der Waals surface area contributed by atoms with Crippen molar-refractivity contribution in [2.24, 2.45) is 0 Å². The van der Waals surface area contributed by atoms with Crippen molar-refractivity contribution in [3.63, 3.8) is 0 Å². The molecule has 2 heterocycles. The minimum absolute atomic E-state index is 0.114. The Labute approximate surface area is 160 Å². The van der Waals surface area contributed by atoms with Gasteiger partial charge in [-0.2, -0.15) is 0 Å². The molecular formula is C20H17ClN2O4. The number of nitrogens with zero attached hydrogens (tertiary/aromatic N) is 2. The first-order valence-corrected chi connectivity index (χ1v) is 9.01. The van der Waals surface area contributed by atoms with Crippen LogP contribution in [-0.2, 0) is 4.79 Å². The molecule has 1 N–H and O–H groups in total. The van der Waals surface area contributed by atoms with Crippen molar-refractivity contribution in [1.29, 1.82) is 0 Å². The number of hydrogen-bond acceptors (Lipinski definition) is 4. The van der Waals surface area contributed by atoms with Gasteiger partial charge in [0, 0.05) is 23.6 Å². The van der Waals surface area contributed by atoms with Gasteiger partial charge in [-0.25, -0.2) is 0 Å². The second kappa shape index (κ2) is 6.79. The molecule has 0 spiro atoms. The molecule has 2 aromatic rings. The maximum absolute atomic E-state index is 13.1. The van der Waals surface area contributed by atoms with Crippen LogP contribution in [0.15, 0.2) is 48.5 Å². The third-order valence-electron chi connectivity index (χ3n) is 4.98. The van der Waals surface area contributed by atoms with E-state index in [2.05, 4.69) is 0 Å². The van der Waals surface area contributed by atoms with Crippen molar-refractivity contribution < 1.29 is 19.5 Å². The summed E-state index contributed by atoms with van der Waals surface area (Å²) in [6, 6.07) is 12.4. The van der Waals surface area contributed by atoms with Gasteiger partial charge in [-0.1, -0.05) is 23.7 Å². The smallest absolute Gasteiger partial charge is 0.256 e. The number of Topliss-reactive ketones (excluding diaryl/α,β-unsaturated/α-hetero) is 1. The number of ketones is 1. The van der Waals surface area contributed by atoms with Crippen LogP contribution in [0.4, 0.5) is 5.69 Å². The van der Waals surface area contributed by atoms with Crippen LogP contribution in [0.3, 0.4) is 0 Å². The number of fused-ring (bicyclic) bond motifs is 2. The molecule has 0 aliphatic carbocycles. The predicted octanol–water partition coefficient (Wildman–Crippen LogP) is 2.14. The van der Waals surface area contributed by atoms with E-state index < -0.39 is 12.1 Å². The van der Waals surface area contributed by atoms with Crippen molar-refractivity contribution >= 4 is 34.9 Å². The predicted molar refractivity (Wildman–Crippen MR) is 100 cm³/mol. The summed E-state index contributed by atoms with van der Waals surface area (Å²) in [7, 11) is 0. The van der Waals surface area contributed by atoms with E-state index >= 15 is 0 Å². The maximum atomic E-state index is 13.1. The molecule has 2 amide bonds. The summed E-state index contributed by atoms with van der Waals surface area (Å²) < 4.78 is 0. The van der Waals surface area contributed by atoms with E-state index in [0.717, 1.165) is 0 Å². The zero-order chi connectivity index (χ0) is 19.1. The summed E-state index contributed by atoms with van der Waals surface area (Å²) in [5.74, 6) is -0.914. The van der Waals surface area contributed by atoms with Crippen LogP contribution in [-0.4, -0.2) is 52.8 Å². The number of carbonyl (C=O) groups excluding carboxylic acids is 3. The highest BCUT2D eigenvalue weighted by molar-refractivity contribution is 6.30. The van der Waals surface area contributed by atoms with Gasteiger partial charge in [0.05, 0.1) is 23.9 Å². The second-order valence-corrected chi connectivity index (χ2v) is 7.17. The van der Waals surface area contributed by atoms with Gasteiger partial charge in [0.25, 0.3) is 5.91 Å². The molecule has 1 fully saturated rings. The van der Waals surface area contributed by atoms with Crippen LogP contribution in [0.5, 0.6) is 0 Å². The lowest BCUT2D eigenvalue weighted by molar-refractivity contribution is -0.122. The molecule has 0 bridgehead atoms. The van der Waals surface area contributed by atoms with Crippen molar-refractivity contribution in [3.8, 4) is 0 Å². The zero-order valence-electron chi connectivity index (χ0n) is 14.3. The summed E-state index contributed by atoms with van der Waals surface area (Å²) in [6.07, 6.45) is -0.577. The first-order valence-electron chi connectivity index (χ1n) is 8.64. The molecule has 2 aromatic carbocycles. The number of halogens is 1. The number of aliphatic hydroxyl groups excluding tert-OH is 1. The van der Waals surface area contributed by atoms with E-state index in [0.29, 0.717) is 21.8 Å². The molecular weight excluding hydrogens is 368 g/mol. The van der Waals surface area contributed by atoms with Gasteiger partial charge < -0.3 is 14.9 Å². The summed E-state index contributed by atoms with van der Waals surface area (Å²) in [5, 5.41) is 10.5. The zero-order valence-corrected chi connectivity index (χ0v) is 15.1. The molecule has 2 atom stereocenters. The molecule has 1 saturated heterocycles. The van der Waals surface area contributed by atoms with Crippen LogP contribution in [0, 0.1) is 0 Å². The molecule has 4 rings (SSSR count). The molecule has 0 saturated carbocycles. The number of benzene rings is 2. The average Bonchev–Trinajstić information content (AvgIpc) is 3.04. The van der Waals surface area contributed by atoms with Crippen LogP contribution < -0.4 is 4.90 Å².